The highest BCUT2D eigenvalue weighted by Gasteiger charge is 2.47. The topological polar surface area (TPSA) is 44.8 Å². The second kappa shape index (κ2) is 8.56. The van der Waals surface area contributed by atoms with Gasteiger partial charge in [0.15, 0.2) is 8.32 Å². The van der Waals surface area contributed by atoms with Crippen molar-refractivity contribution in [3.63, 3.8) is 0 Å². The van der Waals surface area contributed by atoms with Crippen molar-refractivity contribution in [3.05, 3.63) is 23.8 Å². The van der Waals surface area contributed by atoms with E-state index in [0.29, 0.717) is 6.61 Å². The Labute approximate surface area is 148 Å². The van der Waals surface area contributed by atoms with Crippen LogP contribution < -0.4 is 0 Å². The van der Waals surface area contributed by atoms with E-state index in [1.54, 1.807) is 13.2 Å². The number of ether oxygens (including phenoxy) is 2. The van der Waals surface area contributed by atoms with Crippen LogP contribution in [0.2, 0.25) is 18.1 Å². The zero-order valence-electron chi connectivity index (χ0n) is 16.5. The third kappa shape index (κ3) is 5.12. The van der Waals surface area contributed by atoms with Crippen LogP contribution in [0, 0.1) is 5.92 Å². The van der Waals surface area contributed by atoms with Crippen molar-refractivity contribution < 1.29 is 18.7 Å². The molecule has 0 aromatic heterocycles. The summed E-state index contributed by atoms with van der Waals surface area (Å²) in [7, 11) is -0.220. The minimum atomic E-state index is -1.97. The van der Waals surface area contributed by atoms with E-state index in [0.717, 1.165) is 11.9 Å². The van der Waals surface area contributed by atoms with Gasteiger partial charge in [0, 0.05) is 13.0 Å². The largest absolute Gasteiger partial charge is 0.408 e. The molecular formula is C19H34O4Si. The number of methoxy groups -OCH3 is 1. The van der Waals surface area contributed by atoms with E-state index in [-0.39, 0.29) is 29.3 Å². The van der Waals surface area contributed by atoms with Crippen LogP contribution in [0.5, 0.6) is 0 Å². The van der Waals surface area contributed by atoms with Crippen molar-refractivity contribution in [2.45, 2.75) is 71.1 Å². The number of aldehydes is 1. The molecule has 0 spiro atoms. The summed E-state index contributed by atoms with van der Waals surface area (Å²) in [5.41, 5.74) is 1.05. The Bertz CT molecular complexity index is 476. The molecule has 0 radical (unpaired) electrons. The Morgan fingerprint density at radius 2 is 1.83 bits per heavy atom. The van der Waals surface area contributed by atoms with E-state index in [9.17, 15) is 4.79 Å². The summed E-state index contributed by atoms with van der Waals surface area (Å²) < 4.78 is 18.6. The lowest BCUT2D eigenvalue weighted by molar-refractivity contribution is -0.152. The van der Waals surface area contributed by atoms with Gasteiger partial charge in [-0.05, 0) is 36.7 Å². The maximum Gasteiger partial charge on any atom is 0.192 e. The summed E-state index contributed by atoms with van der Waals surface area (Å²) in [5, 5.41) is 0.117. The van der Waals surface area contributed by atoms with Crippen molar-refractivity contribution >= 4 is 14.6 Å². The quantitative estimate of drug-likeness (QED) is 0.311. The van der Waals surface area contributed by atoms with Gasteiger partial charge in [0.25, 0.3) is 0 Å². The number of carbonyl (C=O) groups excluding carboxylic acids is 1. The van der Waals surface area contributed by atoms with Crippen molar-refractivity contribution in [2.75, 3.05) is 13.7 Å². The second-order valence-electron chi connectivity index (χ2n) is 8.21. The van der Waals surface area contributed by atoms with Gasteiger partial charge in [0.05, 0.1) is 12.7 Å². The third-order valence-corrected chi connectivity index (χ3v) is 9.70. The van der Waals surface area contributed by atoms with Gasteiger partial charge in [0.1, 0.15) is 18.5 Å². The van der Waals surface area contributed by atoms with Crippen molar-refractivity contribution in [3.8, 4) is 0 Å². The number of allylic oxidation sites excluding steroid dienone is 3. The fourth-order valence-electron chi connectivity index (χ4n) is 2.69. The van der Waals surface area contributed by atoms with Crippen LogP contribution in [0.15, 0.2) is 23.8 Å². The first kappa shape index (κ1) is 21.3. The van der Waals surface area contributed by atoms with Crippen LogP contribution in [-0.2, 0) is 18.7 Å². The third-order valence-electron chi connectivity index (χ3n) is 5.23. The number of carbonyl (C=O) groups is 1. The highest BCUT2D eigenvalue weighted by Crippen LogP contribution is 2.40. The summed E-state index contributed by atoms with van der Waals surface area (Å²) >= 11 is 0. The van der Waals surface area contributed by atoms with E-state index in [1.807, 2.05) is 13.0 Å². The number of hydrogen-bond donors (Lipinski definition) is 0. The van der Waals surface area contributed by atoms with E-state index < -0.39 is 8.32 Å². The van der Waals surface area contributed by atoms with E-state index in [4.69, 9.17) is 13.9 Å². The lowest BCUT2D eigenvalue weighted by Crippen LogP contribution is -2.57. The summed E-state index contributed by atoms with van der Waals surface area (Å²) in [6.07, 6.45) is 5.62. The zero-order valence-corrected chi connectivity index (χ0v) is 17.5. The molecule has 0 aromatic carbocycles. The molecule has 138 valence electrons. The summed E-state index contributed by atoms with van der Waals surface area (Å²) in [6.45, 7) is 16.0. The van der Waals surface area contributed by atoms with Gasteiger partial charge in [-0.2, -0.15) is 0 Å². The van der Waals surface area contributed by atoms with Crippen LogP contribution in [-0.4, -0.2) is 46.6 Å². The highest BCUT2D eigenvalue weighted by atomic mass is 28.4. The fraction of sp³-hybridized carbons (Fsp3) is 0.737. The molecule has 0 N–H and O–H groups in total. The number of hydrogen-bond acceptors (Lipinski definition) is 4. The molecule has 1 saturated heterocycles. The van der Waals surface area contributed by atoms with Crippen LogP contribution in [0.4, 0.5) is 0 Å². The Hall–Kier alpha value is -0.753. The normalized spacial score (nSPS) is 29.9. The molecule has 0 unspecified atom stereocenters. The highest BCUT2D eigenvalue weighted by molar-refractivity contribution is 6.74. The monoisotopic (exact) mass is 354 g/mol. The maximum atomic E-state index is 10.5. The smallest absolute Gasteiger partial charge is 0.192 e. The van der Waals surface area contributed by atoms with Gasteiger partial charge < -0.3 is 13.9 Å². The van der Waals surface area contributed by atoms with Crippen molar-refractivity contribution in [1.82, 2.24) is 0 Å². The fourth-order valence-corrected chi connectivity index (χ4v) is 3.98. The molecule has 4 nitrogen and oxygen atoms in total. The molecule has 0 bridgehead atoms. The summed E-state index contributed by atoms with van der Waals surface area (Å²) in [5.74, 6) is 0.277. The lowest BCUT2D eigenvalue weighted by atomic mass is 9.90. The molecular weight excluding hydrogens is 320 g/mol. The Morgan fingerprint density at radius 3 is 2.33 bits per heavy atom. The predicted molar refractivity (Wildman–Crippen MR) is 101 cm³/mol. The number of rotatable bonds is 6. The first-order chi connectivity index (χ1) is 11.0. The molecule has 1 aliphatic rings. The Morgan fingerprint density at radius 1 is 1.21 bits per heavy atom. The molecule has 1 aliphatic heterocycles. The Balaban J connectivity index is 3.14. The molecule has 1 fully saturated rings. The SMILES string of the molecule is CO[C@H]1[C@H](O[Si](C)(C)C(C)(C)C)[C@@H](/C(C)=C/C=C/C=O)OC[C@H]1C. The average Bonchev–Trinajstić information content (AvgIpc) is 2.46. The standard InChI is InChI=1S/C19H34O4Si/c1-14(11-9-10-12-20)17-18(16(21-6)15(2)13-22-17)23-24(7,8)19(3,4)5/h9-12,15-18H,13H2,1-8H3/b10-9+,14-11+/t15-,16-,17-,18+/m1/s1. The molecule has 0 amide bonds. The first-order valence-electron chi connectivity index (χ1n) is 8.66. The van der Waals surface area contributed by atoms with Gasteiger partial charge in [0.2, 0.25) is 0 Å². The van der Waals surface area contributed by atoms with Gasteiger partial charge in [-0.25, -0.2) is 0 Å². The first-order valence-corrected chi connectivity index (χ1v) is 11.6. The summed E-state index contributed by atoms with van der Waals surface area (Å²) in [6, 6.07) is 0. The van der Waals surface area contributed by atoms with Crippen LogP contribution in [0.1, 0.15) is 34.6 Å². The molecule has 1 rings (SSSR count). The van der Waals surface area contributed by atoms with Gasteiger partial charge in [-0.1, -0.05) is 39.8 Å². The van der Waals surface area contributed by atoms with E-state index >= 15 is 0 Å². The zero-order chi connectivity index (χ0) is 18.5. The van der Waals surface area contributed by atoms with Crippen LogP contribution >= 0.6 is 0 Å². The van der Waals surface area contributed by atoms with Crippen molar-refractivity contribution in [2.24, 2.45) is 5.92 Å². The second-order valence-corrected chi connectivity index (χ2v) is 13.0. The molecule has 4 atom stereocenters. The van der Waals surface area contributed by atoms with Crippen LogP contribution in [0.25, 0.3) is 0 Å². The molecule has 0 aliphatic carbocycles. The van der Waals surface area contributed by atoms with E-state index in [2.05, 4.69) is 40.8 Å². The molecule has 0 aromatic rings. The van der Waals surface area contributed by atoms with E-state index in [1.165, 1.54) is 6.08 Å². The Kier molecular flexibility index (Phi) is 7.60. The van der Waals surface area contributed by atoms with Crippen molar-refractivity contribution in [1.29, 1.82) is 0 Å². The van der Waals surface area contributed by atoms with Crippen LogP contribution in [0.3, 0.4) is 0 Å². The predicted octanol–water partition coefficient (Wildman–Crippen LogP) is 4.13. The van der Waals surface area contributed by atoms with Gasteiger partial charge >= 0.3 is 0 Å². The average molecular weight is 355 g/mol. The minimum Gasteiger partial charge on any atom is -0.408 e. The molecule has 1 heterocycles. The lowest BCUT2D eigenvalue weighted by Gasteiger charge is -2.47. The minimum absolute atomic E-state index is 0.00345. The maximum absolute atomic E-state index is 10.5. The van der Waals surface area contributed by atoms with Gasteiger partial charge in [-0.3, -0.25) is 4.79 Å². The molecule has 5 heteroatoms. The van der Waals surface area contributed by atoms with Gasteiger partial charge in [-0.15, -0.1) is 0 Å². The molecule has 24 heavy (non-hydrogen) atoms. The summed E-state index contributed by atoms with van der Waals surface area (Å²) in [4.78, 5) is 10.5. The molecule has 0 saturated carbocycles.